The Morgan fingerprint density at radius 2 is 2.04 bits per heavy atom. The number of amides is 1. The van der Waals surface area contributed by atoms with E-state index in [0.29, 0.717) is 13.1 Å². The zero-order valence-corrected chi connectivity index (χ0v) is 13.5. The third-order valence-corrected chi connectivity index (χ3v) is 4.16. The quantitative estimate of drug-likeness (QED) is 0.886. The number of aromatic nitrogens is 3. The first-order valence-corrected chi connectivity index (χ1v) is 7.79. The summed E-state index contributed by atoms with van der Waals surface area (Å²) >= 11 is 0. The van der Waals surface area contributed by atoms with E-state index >= 15 is 0 Å². The van der Waals surface area contributed by atoms with Crippen LogP contribution in [0.4, 0.5) is 5.82 Å². The van der Waals surface area contributed by atoms with Crippen LogP contribution in [0.1, 0.15) is 11.6 Å². The minimum absolute atomic E-state index is 0.0983. The van der Waals surface area contributed by atoms with E-state index in [4.69, 9.17) is 0 Å². The van der Waals surface area contributed by atoms with Gasteiger partial charge >= 0.3 is 0 Å². The van der Waals surface area contributed by atoms with E-state index in [1.807, 2.05) is 36.3 Å². The average Bonchev–Trinajstić information content (AvgIpc) is 3.02. The molecule has 122 valence electrons. The molecule has 1 atom stereocenters. The molecule has 0 radical (unpaired) electrons. The number of nitrogens with one attached hydrogen (secondary N) is 1. The highest BCUT2D eigenvalue weighted by Gasteiger charge is 2.28. The van der Waals surface area contributed by atoms with Gasteiger partial charge in [0.15, 0.2) is 0 Å². The molecule has 0 spiro atoms. The first-order valence-electron chi connectivity index (χ1n) is 7.79. The number of rotatable bonds is 4. The summed E-state index contributed by atoms with van der Waals surface area (Å²) in [6.07, 6.45) is 5.42. The Kier molecular flexibility index (Phi) is 4.57. The molecule has 2 aromatic heterocycles. The summed E-state index contributed by atoms with van der Waals surface area (Å²) in [5, 5.41) is 7.26. The summed E-state index contributed by atoms with van der Waals surface area (Å²) in [6, 6.07) is 5.56. The Balaban J connectivity index is 1.63. The van der Waals surface area contributed by atoms with Crippen molar-refractivity contribution in [3.63, 3.8) is 0 Å². The fraction of sp³-hybridized carbons (Fsp3) is 0.438. The molecule has 0 bridgehead atoms. The van der Waals surface area contributed by atoms with Crippen LogP contribution in [-0.2, 0) is 11.8 Å². The summed E-state index contributed by atoms with van der Waals surface area (Å²) < 4.78 is 1.71. The monoisotopic (exact) mass is 314 g/mol. The van der Waals surface area contributed by atoms with Gasteiger partial charge in [0.25, 0.3) is 0 Å². The molecule has 3 heterocycles. The molecule has 1 aliphatic rings. The maximum absolute atomic E-state index is 12.8. The number of piperazine rings is 1. The summed E-state index contributed by atoms with van der Waals surface area (Å²) in [5.41, 5.74) is 0.896. The van der Waals surface area contributed by atoms with Crippen LogP contribution in [0.25, 0.3) is 0 Å². The molecule has 1 aliphatic heterocycles. The Labute approximate surface area is 135 Å². The lowest BCUT2D eigenvalue weighted by atomic mass is 10.1. The van der Waals surface area contributed by atoms with E-state index in [1.54, 1.807) is 24.1 Å². The van der Waals surface area contributed by atoms with Gasteiger partial charge in [0.2, 0.25) is 5.91 Å². The van der Waals surface area contributed by atoms with Crippen LogP contribution in [0.3, 0.4) is 0 Å². The van der Waals surface area contributed by atoms with Crippen molar-refractivity contribution in [1.82, 2.24) is 25.0 Å². The average molecular weight is 314 g/mol. The van der Waals surface area contributed by atoms with Crippen LogP contribution in [-0.4, -0.2) is 58.8 Å². The van der Waals surface area contributed by atoms with Crippen LogP contribution in [0, 0.1) is 0 Å². The van der Waals surface area contributed by atoms with Crippen molar-refractivity contribution >= 4 is 11.7 Å². The fourth-order valence-electron chi connectivity index (χ4n) is 2.90. The van der Waals surface area contributed by atoms with E-state index in [-0.39, 0.29) is 11.9 Å². The van der Waals surface area contributed by atoms with Crippen LogP contribution < -0.4 is 10.2 Å². The van der Waals surface area contributed by atoms with Gasteiger partial charge in [0, 0.05) is 51.2 Å². The lowest BCUT2D eigenvalue weighted by Crippen LogP contribution is -2.51. The number of pyridine rings is 1. The molecular formula is C16H22N6O. The number of aryl methyl sites for hydroxylation is 1. The van der Waals surface area contributed by atoms with Crippen molar-refractivity contribution in [2.45, 2.75) is 6.04 Å². The first-order chi connectivity index (χ1) is 11.2. The van der Waals surface area contributed by atoms with Crippen molar-refractivity contribution in [2.24, 2.45) is 7.05 Å². The number of carbonyl (C=O) groups excluding carboxylic acids is 1. The molecule has 1 fully saturated rings. The van der Waals surface area contributed by atoms with Crippen molar-refractivity contribution < 1.29 is 4.79 Å². The molecule has 7 heteroatoms. The van der Waals surface area contributed by atoms with Gasteiger partial charge in [-0.2, -0.15) is 5.10 Å². The summed E-state index contributed by atoms with van der Waals surface area (Å²) in [4.78, 5) is 21.3. The molecule has 0 saturated carbocycles. The molecule has 1 saturated heterocycles. The highest BCUT2D eigenvalue weighted by atomic mass is 16.2. The molecule has 0 aliphatic carbocycles. The standard InChI is InChI=1S/C16H22N6O/c1-17-15(13-11-19-20(2)12-13)16(23)22-9-7-21(8-10-22)14-5-3-4-6-18-14/h3-6,11-12,15,17H,7-10H2,1-2H3. The predicted molar refractivity (Wildman–Crippen MR) is 88.0 cm³/mol. The molecule has 1 unspecified atom stereocenters. The van der Waals surface area contributed by atoms with E-state index in [2.05, 4.69) is 20.3 Å². The summed E-state index contributed by atoms with van der Waals surface area (Å²) in [6.45, 7) is 3.00. The minimum Gasteiger partial charge on any atom is -0.353 e. The molecule has 7 nitrogen and oxygen atoms in total. The van der Waals surface area contributed by atoms with Gasteiger partial charge in [-0.25, -0.2) is 4.98 Å². The maximum atomic E-state index is 12.8. The normalized spacial score (nSPS) is 16.4. The lowest BCUT2D eigenvalue weighted by Gasteiger charge is -2.36. The van der Waals surface area contributed by atoms with Crippen LogP contribution in [0.2, 0.25) is 0 Å². The topological polar surface area (TPSA) is 66.3 Å². The van der Waals surface area contributed by atoms with Crippen molar-refractivity contribution in [2.75, 3.05) is 38.1 Å². The smallest absolute Gasteiger partial charge is 0.244 e. The second-order valence-corrected chi connectivity index (χ2v) is 5.67. The molecule has 1 amide bonds. The second kappa shape index (κ2) is 6.78. The van der Waals surface area contributed by atoms with E-state index in [0.717, 1.165) is 24.5 Å². The Bertz CT molecular complexity index is 648. The van der Waals surface area contributed by atoms with Gasteiger partial charge in [-0.05, 0) is 19.2 Å². The number of anilines is 1. The zero-order valence-electron chi connectivity index (χ0n) is 13.5. The van der Waals surface area contributed by atoms with Gasteiger partial charge in [0.1, 0.15) is 11.9 Å². The predicted octanol–water partition coefficient (Wildman–Crippen LogP) is 0.424. The number of hydrogen-bond acceptors (Lipinski definition) is 5. The minimum atomic E-state index is -0.342. The van der Waals surface area contributed by atoms with E-state index in [9.17, 15) is 4.79 Å². The summed E-state index contributed by atoms with van der Waals surface area (Å²) in [5.74, 6) is 1.07. The van der Waals surface area contributed by atoms with Crippen molar-refractivity contribution in [3.05, 3.63) is 42.4 Å². The molecule has 23 heavy (non-hydrogen) atoms. The molecule has 1 N–H and O–H groups in total. The van der Waals surface area contributed by atoms with Gasteiger partial charge in [0.05, 0.1) is 6.20 Å². The highest BCUT2D eigenvalue weighted by Crippen LogP contribution is 2.18. The van der Waals surface area contributed by atoms with E-state index in [1.165, 1.54) is 0 Å². The third-order valence-electron chi connectivity index (χ3n) is 4.16. The Morgan fingerprint density at radius 1 is 1.26 bits per heavy atom. The number of hydrogen-bond donors (Lipinski definition) is 1. The van der Waals surface area contributed by atoms with Crippen LogP contribution in [0.5, 0.6) is 0 Å². The van der Waals surface area contributed by atoms with Gasteiger partial charge in [-0.3, -0.25) is 9.48 Å². The largest absolute Gasteiger partial charge is 0.353 e. The third kappa shape index (κ3) is 3.34. The van der Waals surface area contributed by atoms with Crippen molar-refractivity contribution in [3.8, 4) is 0 Å². The maximum Gasteiger partial charge on any atom is 0.244 e. The Hall–Kier alpha value is -2.41. The second-order valence-electron chi connectivity index (χ2n) is 5.67. The molecule has 3 rings (SSSR count). The van der Waals surface area contributed by atoms with Gasteiger partial charge < -0.3 is 15.1 Å². The lowest BCUT2D eigenvalue weighted by molar-refractivity contribution is -0.133. The number of likely N-dealkylation sites (N-methyl/N-ethyl adjacent to an activating group) is 1. The Morgan fingerprint density at radius 3 is 2.61 bits per heavy atom. The highest BCUT2D eigenvalue weighted by molar-refractivity contribution is 5.83. The summed E-state index contributed by atoms with van der Waals surface area (Å²) in [7, 11) is 3.66. The number of nitrogens with zero attached hydrogens (tertiary/aromatic N) is 5. The number of carbonyl (C=O) groups is 1. The van der Waals surface area contributed by atoms with Gasteiger partial charge in [-0.1, -0.05) is 6.07 Å². The molecule has 2 aromatic rings. The first kappa shape index (κ1) is 15.5. The van der Waals surface area contributed by atoms with Crippen molar-refractivity contribution in [1.29, 1.82) is 0 Å². The molecular weight excluding hydrogens is 292 g/mol. The molecule has 0 aromatic carbocycles. The van der Waals surface area contributed by atoms with E-state index < -0.39 is 0 Å². The zero-order chi connectivity index (χ0) is 16.2. The van der Waals surface area contributed by atoms with Gasteiger partial charge in [-0.15, -0.1) is 0 Å². The van der Waals surface area contributed by atoms with Crippen LogP contribution >= 0.6 is 0 Å². The SMILES string of the molecule is CNC(C(=O)N1CCN(c2ccccn2)CC1)c1cnn(C)c1. The fourth-order valence-corrected chi connectivity index (χ4v) is 2.90. The van der Waals surface area contributed by atoms with Crippen LogP contribution in [0.15, 0.2) is 36.8 Å².